The Morgan fingerprint density at radius 3 is 2.33 bits per heavy atom. The average molecular weight is 612 g/mol. The zero-order valence-corrected chi connectivity index (χ0v) is 24.8. The van der Waals surface area contributed by atoms with Gasteiger partial charge in [-0.2, -0.15) is 0 Å². The lowest BCUT2D eigenvalue weighted by Gasteiger charge is -2.29. The van der Waals surface area contributed by atoms with Crippen molar-refractivity contribution in [1.29, 1.82) is 0 Å². The number of piperazine rings is 1. The van der Waals surface area contributed by atoms with Crippen molar-refractivity contribution in [3.8, 4) is 22.6 Å². The third-order valence-electron chi connectivity index (χ3n) is 7.55. The lowest BCUT2D eigenvalue weighted by Crippen LogP contribution is -2.43. The molecule has 9 heteroatoms. The van der Waals surface area contributed by atoms with E-state index in [0.29, 0.717) is 17.0 Å². The van der Waals surface area contributed by atoms with Gasteiger partial charge in [-0.05, 0) is 52.7 Å². The number of sulfonamides is 1. The summed E-state index contributed by atoms with van der Waals surface area (Å²) < 4.78 is 43.4. The molecule has 6 aromatic rings. The van der Waals surface area contributed by atoms with Crippen LogP contribution in [0.4, 0.5) is 11.4 Å². The second kappa shape index (κ2) is 12.0. The molecule has 0 saturated carbocycles. The summed E-state index contributed by atoms with van der Waals surface area (Å²) in [5, 5.41) is 6.25. The molecule has 0 unspecified atom stereocenters. The van der Waals surface area contributed by atoms with Crippen LogP contribution >= 0.6 is 12.4 Å². The summed E-state index contributed by atoms with van der Waals surface area (Å²) in [6, 6.07) is 34.0. The van der Waals surface area contributed by atoms with Crippen LogP contribution < -0.4 is 19.7 Å². The first kappa shape index (κ1) is 28.6. The molecule has 218 valence electrons. The molecule has 2 N–H and O–H groups in total. The number of anilines is 2. The van der Waals surface area contributed by atoms with E-state index in [1.807, 2.05) is 91.0 Å². The minimum Gasteiger partial charge on any atom is -0.462 e. The summed E-state index contributed by atoms with van der Waals surface area (Å²) in [7, 11) is -4.08. The van der Waals surface area contributed by atoms with E-state index in [1.54, 1.807) is 24.5 Å². The molecule has 1 saturated heterocycles. The van der Waals surface area contributed by atoms with Crippen LogP contribution in [-0.4, -0.2) is 34.6 Å². The molecule has 43 heavy (non-hydrogen) atoms. The van der Waals surface area contributed by atoms with Gasteiger partial charge in [-0.1, -0.05) is 72.8 Å². The summed E-state index contributed by atoms with van der Waals surface area (Å²) in [5.74, 6) is 0.807. The largest absolute Gasteiger partial charge is 0.462 e. The number of halogens is 1. The molecule has 7 rings (SSSR count). The Morgan fingerprint density at radius 2 is 1.49 bits per heavy atom. The first-order valence-corrected chi connectivity index (χ1v) is 15.4. The molecule has 0 bridgehead atoms. The molecule has 1 aromatic heterocycles. The third-order valence-corrected chi connectivity index (χ3v) is 8.96. The van der Waals surface area contributed by atoms with E-state index >= 15 is 0 Å². The molecule has 1 aliphatic heterocycles. The molecule has 0 spiro atoms. The van der Waals surface area contributed by atoms with Crippen LogP contribution in [0.25, 0.3) is 32.9 Å². The molecule has 0 amide bonds. The lowest BCUT2D eigenvalue weighted by atomic mass is 9.97. The molecule has 5 aromatic carbocycles. The molecule has 0 radical (unpaired) electrons. The van der Waals surface area contributed by atoms with Gasteiger partial charge >= 0.3 is 0 Å². The van der Waals surface area contributed by atoms with Gasteiger partial charge in [0.15, 0.2) is 11.3 Å². The van der Waals surface area contributed by atoms with Crippen LogP contribution in [0.15, 0.2) is 125 Å². The molecule has 1 aliphatic rings. The Labute approximate surface area is 256 Å². The van der Waals surface area contributed by atoms with Crippen molar-refractivity contribution < 1.29 is 17.6 Å². The van der Waals surface area contributed by atoms with Crippen LogP contribution in [0, 0.1) is 0 Å². The average Bonchev–Trinajstić information content (AvgIpc) is 3.50. The Balaban J connectivity index is 0.00000329. The van der Waals surface area contributed by atoms with Crippen molar-refractivity contribution >= 4 is 55.5 Å². The maximum Gasteiger partial charge on any atom is 0.265 e. The number of ether oxygens (including phenoxy) is 1. The topological polar surface area (TPSA) is 83.8 Å². The first-order chi connectivity index (χ1) is 20.6. The minimum absolute atomic E-state index is 0. The van der Waals surface area contributed by atoms with Crippen molar-refractivity contribution in [2.24, 2.45) is 0 Å². The lowest BCUT2D eigenvalue weighted by molar-refractivity contribution is 0.469. The number of rotatable bonds is 7. The third kappa shape index (κ3) is 5.64. The van der Waals surface area contributed by atoms with Crippen molar-refractivity contribution in [2.75, 3.05) is 35.8 Å². The Morgan fingerprint density at radius 1 is 0.767 bits per heavy atom. The predicted octanol–water partition coefficient (Wildman–Crippen LogP) is 7.68. The molecular weight excluding hydrogens is 582 g/mol. The summed E-state index contributed by atoms with van der Waals surface area (Å²) in [5.41, 5.74) is 3.63. The minimum atomic E-state index is -4.08. The van der Waals surface area contributed by atoms with Gasteiger partial charge in [-0.25, -0.2) is 8.42 Å². The highest BCUT2D eigenvalue weighted by Gasteiger charge is 2.26. The maximum absolute atomic E-state index is 14.2. The summed E-state index contributed by atoms with van der Waals surface area (Å²) in [6.07, 6.45) is 1.63. The van der Waals surface area contributed by atoms with Gasteiger partial charge in [-0.15, -0.1) is 12.4 Å². The number of para-hydroxylation sites is 2. The number of benzene rings is 5. The quantitative estimate of drug-likeness (QED) is 0.193. The van der Waals surface area contributed by atoms with Crippen LogP contribution in [0.5, 0.6) is 11.5 Å². The smallest absolute Gasteiger partial charge is 0.265 e. The summed E-state index contributed by atoms with van der Waals surface area (Å²) in [4.78, 5) is 2.26. The monoisotopic (exact) mass is 611 g/mol. The second-order valence-electron chi connectivity index (χ2n) is 10.3. The number of hydrogen-bond acceptors (Lipinski definition) is 6. The fraction of sp³-hybridized carbons (Fsp3) is 0.118. The van der Waals surface area contributed by atoms with Crippen LogP contribution in [0.2, 0.25) is 0 Å². The maximum atomic E-state index is 14.2. The highest BCUT2D eigenvalue weighted by Crippen LogP contribution is 2.42. The molecule has 2 heterocycles. The fourth-order valence-electron chi connectivity index (χ4n) is 5.58. The van der Waals surface area contributed by atoms with Gasteiger partial charge < -0.3 is 19.4 Å². The SMILES string of the molecule is Cl.O=S(=O)(Nc1cc(N2CCNCC2)c2occc2c1)c1cccc(-c2cccc3ccccc23)c1Oc1ccccc1. The Hall–Kier alpha value is -4.50. The number of furan rings is 1. The standard InChI is InChI=1S/C34H29N3O4S.ClH/c38-42(39,36-26-22-25-16-21-40-33(25)31(23-26)37-19-17-35-18-20-37)32-15-7-14-30(34(32)41-27-10-2-1-3-11-27)29-13-6-9-24-8-4-5-12-28(24)29;/h1-16,21-23,35-36H,17-20H2;1H. The normalized spacial score (nSPS) is 13.5. The van der Waals surface area contributed by atoms with Crippen molar-refractivity contribution in [1.82, 2.24) is 5.32 Å². The van der Waals surface area contributed by atoms with E-state index in [2.05, 4.69) is 14.9 Å². The first-order valence-electron chi connectivity index (χ1n) is 13.9. The van der Waals surface area contributed by atoms with E-state index in [-0.39, 0.29) is 23.1 Å². The van der Waals surface area contributed by atoms with E-state index in [1.165, 1.54) is 0 Å². The summed E-state index contributed by atoms with van der Waals surface area (Å²) in [6.45, 7) is 3.29. The Bertz CT molecular complexity index is 2000. The Kier molecular flexibility index (Phi) is 7.99. The van der Waals surface area contributed by atoms with Gasteiger partial charge in [0.25, 0.3) is 10.0 Å². The number of nitrogens with zero attached hydrogens (tertiary/aromatic N) is 1. The van der Waals surface area contributed by atoms with Gasteiger partial charge in [-0.3, -0.25) is 4.72 Å². The fourth-order valence-corrected chi connectivity index (χ4v) is 6.78. The van der Waals surface area contributed by atoms with E-state index in [0.717, 1.165) is 59.2 Å². The highest BCUT2D eigenvalue weighted by molar-refractivity contribution is 7.92. The number of nitrogens with one attached hydrogen (secondary N) is 2. The van der Waals surface area contributed by atoms with Crippen LogP contribution in [-0.2, 0) is 10.0 Å². The van der Waals surface area contributed by atoms with Gasteiger partial charge in [0.2, 0.25) is 0 Å². The van der Waals surface area contributed by atoms with Gasteiger partial charge in [0.1, 0.15) is 10.6 Å². The van der Waals surface area contributed by atoms with E-state index in [9.17, 15) is 8.42 Å². The zero-order chi connectivity index (χ0) is 28.5. The van der Waals surface area contributed by atoms with Crippen molar-refractivity contribution in [3.05, 3.63) is 115 Å². The highest BCUT2D eigenvalue weighted by atomic mass is 35.5. The van der Waals surface area contributed by atoms with Gasteiger partial charge in [0.05, 0.1) is 17.6 Å². The molecular formula is C34H30ClN3O4S. The second-order valence-corrected chi connectivity index (χ2v) is 11.9. The summed E-state index contributed by atoms with van der Waals surface area (Å²) >= 11 is 0. The molecule has 1 fully saturated rings. The van der Waals surface area contributed by atoms with Crippen LogP contribution in [0.1, 0.15) is 0 Å². The van der Waals surface area contributed by atoms with E-state index < -0.39 is 10.0 Å². The number of hydrogen-bond donors (Lipinski definition) is 2. The predicted molar refractivity (Wildman–Crippen MR) is 175 cm³/mol. The zero-order valence-electron chi connectivity index (χ0n) is 23.2. The van der Waals surface area contributed by atoms with Crippen LogP contribution in [0.3, 0.4) is 0 Å². The molecule has 0 aliphatic carbocycles. The van der Waals surface area contributed by atoms with Gasteiger partial charge in [0, 0.05) is 37.1 Å². The van der Waals surface area contributed by atoms with E-state index in [4.69, 9.17) is 9.15 Å². The molecule has 0 atom stereocenters. The number of fused-ring (bicyclic) bond motifs is 2. The van der Waals surface area contributed by atoms with Crippen molar-refractivity contribution in [3.63, 3.8) is 0 Å². The van der Waals surface area contributed by atoms with Crippen molar-refractivity contribution in [2.45, 2.75) is 4.90 Å². The molecule has 7 nitrogen and oxygen atoms in total.